The zero-order valence-corrected chi connectivity index (χ0v) is 16.1. The van der Waals surface area contributed by atoms with Gasteiger partial charge in [0.25, 0.3) is 0 Å². The van der Waals surface area contributed by atoms with Gasteiger partial charge in [-0.1, -0.05) is 30.3 Å². The molecule has 2 heterocycles. The largest absolute Gasteiger partial charge is 0.376 e. The predicted molar refractivity (Wildman–Crippen MR) is 102 cm³/mol. The lowest BCUT2D eigenvalue weighted by atomic mass is 10.1. The number of aryl methyl sites for hydroxylation is 2. The summed E-state index contributed by atoms with van der Waals surface area (Å²) in [6, 6.07) is 10.2. The lowest BCUT2D eigenvalue weighted by Crippen LogP contribution is -2.37. The van der Waals surface area contributed by atoms with Crippen molar-refractivity contribution < 1.29 is 9.53 Å². The molecule has 1 atom stereocenters. The van der Waals surface area contributed by atoms with Crippen molar-refractivity contribution in [2.75, 3.05) is 13.2 Å². The van der Waals surface area contributed by atoms with Gasteiger partial charge in [-0.25, -0.2) is 0 Å². The molecule has 26 heavy (non-hydrogen) atoms. The molecule has 0 N–H and O–H groups in total. The van der Waals surface area contributed by atoms with Gasteiger partial charge in [0.05, 0.1) is 11.8 Å². The first-order valence-electron chi connectivity index (χ1n) is 9.48. The summed E-state index contributed by atoms with van der Waals surface area (Å²) >= 11 is 0. The van der Waals surface area contributed by atoms with Gasteiger partial charge in [0, 0.05) is 38.4 Å². The van der Waals surface area contributed by atoms with Crippen LogP contribution in [0.25, 0.3) is 0 Å². The minimum absolute atomic E-state index is 0.162. The first kappa shape index (κ1) is 18.6. The molecule has 0 bridgehead atoms. The molecule has 5 nitrogen and oxygen atoms in total. The summed E-state index contributed by atoms with van der Waals surface area (Å²) in [4.78, 5) is 14.9. The van der Waals surface area contributed by atoms with E-state index in [9.17, 15) is 4.79 Å². The van der Waals surface area contributed by atoms with Crippen molar-refractivity contribution >= 4 is 5.91 Å². The molecule has 0 spiro atoms. The Bertz CT molecular complexity index is 733. The van der Waals surface area contributed by atoms with Crippen molar-refractivity contribution in [3.8, 4) is 0 Å². The average molecular weight is 355 g/mol. The van der Waals surface area contributed by atoms with Crippen molar-refractivity contribution in [1.82, 2.24) is 14.7 Å². The molecular weight excluding hydrogens is 326 g/mol. The third kappa shape index (κ3) is 4.52. The maximum absolute atomic E-state index is 12.9. The summed E-state index contributed by atoms with van der Waals surface area (Å²) in [7, 11) is 0. The number of hydrogen-bond acceptors (Lipinski definition) is 3. The van der Waals surface area contributed by atoms with Gasteiger partial charge >= 0.3 is 0 Å². The van der Waals surface area contributed by atoms with Crippen LogP contribution in [0, 0.1) is 20.8 Å². The number of amides is 1. The van der Waals surface area contributed by atoms with Crippen LogP contribution in [0.3, 0.4) is 0 Å². The summed E-state index contributed by atoms with van der Waals surface area (Å²) in [6.07, 6.45) is 2.75. The van der Waals surface area contributed by atoms with E-state index in [0.29, 0.717) is 26.1 Å². The van der Waals surface area contributed by atoms with Crippen LogP contribution in [-0.4, -0.2) is 39.8 Å². The zero-order chi connectivity index (χ0) is 18.5. The van der Waals surface area contributed by atoms with Gasteiger partial charge in [-0.05, 0) is 44.7 Å². The summed E-state index contributed by atoms with van der Waals surface area (Å²) < 4.78 is 7.71. The molecule has 1 aliphatic heterocycles. The third-order valence-corrected chi connectivity index (χ3v) is 5.30. The van der Waals surface area contributed by atoms with Crippen LogP contribution in [0.4, 0.5) is 0 Å². The van der Waals surface area contributed by atoms with E-state index in [2.05, 4.69) is 31.1 Å². The Balaban J connectivity index is 1.65. The first-order chi connectivity index (χ1) is 12.5. The monoisotopic (exact) mass is 355 g/mol. The molecule has 1 aliphatic rings. The van der Waals surface area contributed by atoms with Crippen LogP contribution in [0.2, 0.25) is 0 Å². The van der Waals surface area contributed by atoms with E-state index in [1.54, 1.807) is 0 Å². The van der Waals surface area contributed by atoms with E-state index in [4.69, 9.17) is 4.74 Å². The molecule has 1 saturated heterocycles. The molecule has 0 radical (unpaired) electrons. The SMILES string of the molecule is Cc1nn(CCC(=O)N(Cc2ccccc2)CC2CCCO2)c(C)c1C. The number of rotatable bonds is 7. The minimum atomic E-state index is 0.162. The molecular formula is C21H29N3O2. The fourth-order valence-corrected chi connectivity index (χ4v) is 3.46. The fraction of sp³-hybridized carbons (Fsp3) is 0.524. The Hall–Kier alpha value is -2.14. The molecule has 140 valence electrons. The van der Waals surface area contributed by atoms with Crippen molar-refractivity contribution in [3.63, 3.8) is 0 Å². The number of nitrogens with zero attached hydrogens (tertiary/aromatic N) is 3. The maximum Gasteiger partial charge on any atom is 0.224 e. The molecule has 5 heteroatoms. The Morgan fingerprint density at radius 2 is 2.04 bits per heavy atom. The zero-order valence-electron chi connectivity index (χ0n) is 16.1. The van der Waals surface area contributed by atoms with Crippen LogP contribution >= 0.6 is 0 Å². The third-order valence-electron chi connectivity index (χ3n) is 5.30. The second-order valence-electron chi connectivity index (χ2n) is 7.16. The van der Waals surface area contributed by atoms with E-state index in [1.807, 2.05) is 34.7 Å². The predicted octanol–water partition coefficient (Wildman–Crippen LogP) is 3.41. The van der Waals surface area contributed by atoms with Crippen molar-refractivity contribution in [2.45, 2.75) is 59.2 Å². The molecule has 0 aliphatic carbocycles. The van der Waals surface area contributed by atoms with Crippen molar-refractivity contribution in [1.29, 1.82) is 0 Å². The van der Waals surface area contributed by atoms with E-state index in [1.165, 1.54) is 5.56 Å². The van der Waals surface area contributed by atoms with Gasteiger partial charge in [-0.15, -0.1) is 0 Å². The quantitative estimate of drug-likeness (QED) is 0.765. The standard InChI is InChI=1S/C21H29N3O2/c1-16-17(2)22-24(18(16)3)12-11-21(25)23(15-20-10-7-13-26-20)14-19-8-5-4-6-9-19/h4-6,8-9,20H,7,10-15H2,1-3H3. The maximum atomic E-state index is 12.9. The average Bonchev–Trinajstić information content (AvgIpc) is 3.24. The van der Waals surface area contributed by atoms with Crippen LogP contribution in [0.15, 0.2) is 30.3 Å². The van der Waals surface area contributed by atoms with Gasteiger partial charge in [0.1, 0.15) is 0 Å². The summed E-state index contributed by atoms with van der Waals surface area (Å²) in [5.74, 6) is 0.162. The molecule has 1 amide bonds. The molecule has 1 fully saturated rings. The highest BCUT2D eigenvalue weighted by Gasteiger charge is 2.23. The summed E-state index contributed by atoms with van der Waals surface area (Å²) in [5.41, 5.74) is 4.54. The van der Waals surface area contributed by atoms with Gasteiger partial charge in [-0.2, -0.15) is 5.10 Å². The second kappa shape index (κ2) is 8.49. The van der Waals surface area contributed by atoms with Gasteiger partial charge < -0.3 is 9.64 Å². The number of carbonyl (C=O) groups excluding carboxylic acids is 1. The Morgan fingerprint density at radius 3 is 2.65 bits per heavy atom. The van der Waals surface area contributed by atoms with Crippen molar-refractivity contribution in [3.05, 3.63) is 52.8 Å². The van der Waals surface area contributed by atoms with E-state index >= 15 is 0 Å². The van der Waals surface area contributed by atoms with E-state index < -0.39 is 0 Å². The summed E-state index contributed by atoms with van der Waals surface area (Å²) in [6.45, 7) is 8.89. The van der Waals surface area contributed by atoms with Gasteiger partial charge in [-0.3, -0.25) is 9.48 Å². The van der Waals surface area contributed by atoms with Crippen LogP contribution in [-0.2, 0) is 22.6 Å². The molecule has 0 saturated carbocycles. The normalized spacial score (nSPS) is 16.8. The highest BCUT2D eigenvalue weighted by Crippen LogP contribution is 2.17. The Morgan fingerprint density at radius 1 is 1.27 bits per heavy atom. The molecule has 1 unspecified atom stereocenters. The Kier molecular flexibility index (Phi) is 6.09. The number of aromatic nitrogens is 2. The van der Waals surface area contributed by atoms with Crippen molar-refractivity contribution in [2.24, 2.45) is 0 Å². The first-order valence-corrected chi connectivity index (χ1v) is 9.48. The number of benzene rings is 1. The van der Waals surface area contributed by atoms with E-state index in [-0.39, 0.29) is 12.0 Å². The van der Waals surface area contributed by atoms with Gasteiger partial charge in [0.15, 0.2) is 0 Å². The molecule has 2 aromatic rings. The molecule has 1 aromatic heterocycles. The Labute approximate surface area is 156 Å². The highest BCUT2D eigenvalue weighted by molar-refractivity contribution is 5.76. The van der Waals surface area contributed by atoms with Crippen LogP contribution in [0.1, 0.15) is 41.8 Å². The van der Waals surface area contributed by atoms with Gasteiger partial charge in [0.2, 0.25) is 5.91 Å². The lowest BCUT2D eigenvalue weighted by molar-refractivity contribution is -0.133. The summed E-state index contributed by atoms with van der Waals surface area (Å²) in [5, 5.41) is 4.55. The second-order valence-corrected chi connectivity index (χ2v) is 7.16. The van der Waals surface area contributed by atoms with Crippen LogP contribution < -0.4 is 0 Å². The highest BCUT2D eigenvalue weighted by atomic mass is 16.5. The molecule has 3 rings (SSSR count). The number of ether oxygens (including phenoxy) is 1. The smallest absolute Gasteiger partial charge is 0.224 e. The fourth-order valence-electron chi connectivity index (χ4n) is 3.46. The van der Waals surface area contributed by atoms with E-state index in [0.717, 1.165) is 36.4 Å². The minimum Gasteiger partial charge on any atom is -0.376 e. The number of hydrogen-bond donors (Lipinski definition) is 0. The molecule has 1 aromatic carbocycles. The topological polar surface area (TPSA) is 47.4 Å². The number of carbonyl (C=O) groups is 1. The lowest BCUT2D eigenvalue weighted by Gasteiger charge is -2.26. The van der Waals surface area contributed by atoms with Crippen LogP contribution in [0.5, 0.6) is 0 Å².